The molecule has 0 saturated heterocycles. The highest BCUT2D eigenvalue weighted by molar-refractivity contribution is 7.89. The average Bonchev–Trinajstić information content (AvgIpc) is 2.66. The third-order valence-electron chi connectivity index (χ3n) is 3.85. The van der Waals surface area contributed by atoms with Gasteiger partial charge >= 0.3 is 12.1 Å². The quantitative estimate of drug-likeness (QED) is 0.657. The average molecular weight is 446 g/mol. The number of carbonyl (C=O) groups is 2. The number of nitrogens with one attached hydrogen (secondary N) is 1. The summed E-state index contributed by atoms with van der Waals surface area (Å²) >= 11 is 0. The third-order valence-corrected chi connectivity index (χ3v) is 4.76. The van der Waals surface area contributed by atoms with Gasteiger partial charge in [-0.3, -0.25) is 4.79 Å². The summed E-state index contributed by atoms with van der Waals surface area (Å²) in [6, 6.07) is 6.94. The van der Waals surface area contributed by atoms with Crippen LogP contribution in [-0.2, 0) is 25.7 Å². The molecule has 0 fully saturated rings. The second kappa shape index (κ2) is 8.71. The zero-order valence-corrected chi connectivity index (χ0v) is 16.5. The monoisotopic (exact) mass is 446 g/mol. The van der Waals surface area contributed by atoms with Crippen molar-refractivity contribution in [2.75, 3.05) is 12.4 Å². The van der Waals surface area contributed by atoms with Crippen LogP contribution < -0.4 is 15.2 Å². The molecule has 0 aliphatic carbocycles. The number of alkyl halides is 3. The lowest BCUT2D eigenvalue weighted by molar-refractivity contribution is -0.137. The summed E-state index contributed by atoms with van der Waals surface area (Å²) < 4.78 is 70.7. The van der Waals surface area contributed by atoms with E-state index in [0.29, 0.717) is 0 Å². The number of esters is 1. The highest BCUT2D eigenvalue weighted by atomic mass is 32.2. The molecule has 3 N–H and O–H groups in total. The Kier molecular flexibility index (Phi) is 6.73. The molecule has 0 heterocycles. The van der Waals surface area contributed by atoms with Crippen molar-refractivity contribution in [1.82, 2.24) is 0 Å². The van der Waals surface area contributed by atoms with E-state index in [-0.39, 0.29) is 21.9 Å². The maximum Gasteiger partial charge on any atom is 0.416 e. The fourth-order valence-electron chi connectivity index (χ4n) is 2.29. The topological polar surface area (TPSA) is 125 Å². The Labute approximate surface area is 169 Å². The molecule has 0 saturated carbocycles. The molecule has 0 spiro atoms. The Balaban J connectivity index is 2.12. The normalized spacial score (nSPS) is 12.7. The molecule has 0 aliphatic rings. The molecule has 0 aromatic heterocycles. The number of rotatable bonds is 6. The van der Waals surface area contributed by atoms with Crippen molar-refractivity contribution in [2.45, 2.75) is 24.1 Å². The van der Waals surface area contributed by atoms with Gasteiger partial charge in [0, 0.05) is 5.69 Å². The van der Waals surface area contributed by atoms with Gasteiger partial charge in [-0.05, 0) is 49.4 Å². The van der Waals surface area contributed by atoms with Gasteiger partial charge in [-0.15, -0.1) is 0 Å². The lowest BCUT2D eigenvalue weighted by Crippen LogP contribution is -2.30. The van der Waals surface area contributed by atoms with Crippen molar-refractivity contribution in [3.8, 4) is 5.75 Å². The standard InChI is InChI=1S/C18H17F3N2O6S/c1-10(16(24)23-12-5-3-11(4-6-12)18(19,20)21)29-17(25)14-9-13(30(22,26)27)7-8-15(14)28-2/h3-10H,1-2H3,(H,23,24)(H2,22,26,27). The van der Waals surface area contributed by atoms with Gasteiger partial charge in [0.2, 0.25) is 10.0 Å². The first kappa shape index (κ1) is 23.2. The smallest absolute Gasteiger partial charge is 0.416 e. The van der Waals surface area contributed by atoms with Gasteiger partial charge in [0.25, 0.3) is 5.91 Å². The number of hydrogen-bond donors (Lipinski definition) is 2. The molecule has 1 atom stereocenters. The Hall–Kier alpha value is -3.12. The number of amides is 1. The van der Waals surface area contributed by atoms with Crippen LogP contribution in [0.3, 0.4) is 0 Å². The number of hydrogen-bond acceptors (Lipinski definition) is 6. The van der Waals surface area contributed by atoms with Gasteiger partial charge in [0.1, 0.15) is 11.3 Å². The van der Waals surface area contributed by atoms with Crippen molar-refractivity contribution in [1.29, 1.82) is 0 Å². The molecule has 2 aromatic carbocycles. The second-order valence-electron chi connectivity index (χ2n) is 6.02. The summed E-state index contributed by atoms with van der Waals surface area (Å²) in [7, 11) is -2.87. The molecule has 0 aliphatic heterocycles. The van der Waals surface area contributed by atoms with Gasteiger partial charge in [-0.1, -0.05) is 0 Å². The Bertz CT molecular complexity index is 1050. The minimum atomic E-state index is -4.52. The first-order valence-electron chi connectivity index (χ1n) is 8.23. The summed E-state index contributed by atoms with van der Waals surface area (Å²) in [5.41, 5.74) is -1.11. The number of sulfonamides is 1. The number of halogens is 3. The van der Waals surface area contributed by atoms with Crippen molar-refractivity contribution in [3.05, 3.63) is 53.6 Å². The molecule has 2 aromatic rings. The van der Waals surface area contributed by atoms with Crippen molar-refractivity contribution in [2.24, 2.45) is 5.14 Å². The van der Waals surface area contributed by atoms with Crippen molar-refractivity contribution < 1.29 is 40.7 Å². The van der Waals surface area contributed by atoms with Crippen LogP contribution in [0, 0.1) is 0 Å². The highest BCUT2D eigenvalue weighted by Gasteiger charge is 2.30. The van der Waals surface area contributed by atoms with Crippen LogP contribution in [0.15, 0.2) is 47.4 Å². The first-order chi connectivity index (χ1) is 13.8. The zero-order chi connectivity index (χ0) is 22.7. The van der Waals surface area contributed by atoms with Crippen molar-refractivity contribution in [3.63, 3.8) is 0 Å². The fraction of sp³-hybridized carbons (Fsp3) is 0.222. The predicted octanol–water partition coefficient (Wildman–Crippen LogP) is 2.55. The summed E-state index contributed by atoms with van der Waals surface area (Å²) in [6.45, 7) is 1.23. The lowest BCUT2D eigenvalue weighted by atomic mass is 10.2. The van der Waals surface area contributed by atoms with Gasteiger partial charge in [0.05, 0.1) is 17.6 Å². The zero-order valence-electron chi connectivity index (χ0n) is 15.7. The van der Waals surface area contributed by atoms with Gasteiger partial charge < -0.3 is 14.8 Å². The molecule has 2 rings (SSSR count). The van der Waals surface area contributed by atoms with Crippen LogP contribution in [0.4, 0.5) is 18.9 Å². The van der Waals surface area contributed by atoms with Crippen molar-refractivity contribution >= 4 is 27.6 Å². The van der Waals surface area contributed by atoms with E-state index in [1.807, 2.05) is 0 Å². The molecule has 0 radical (unpaired) electrons. The van der Waals surface area contributed by atoms with E-state index in [4.69, 9.17) is 14.6 Å². The van der Waals surface area contributed by atoms with Crippen LogP contribution in [0.5, 0.6) is 5.75 Å². The van der Waals surface area contributed by atoms with Gasteiger partial charge in [-0.25, -0.2) is 18.4 Å². The summed E-state index contributed by atoms with van der Waals surface area (Å²) in [5.74, 6) is -1.89. The second-order valence-corrected chi connectivity index (χ2v) is 7.58. The van der Waals surface area contributed by atoms with E-state index >= 15 is 0 Å². The molecular formula is C18H17F3N2O6S. The van der Waals surface area contributed by atoms with Crippen LogP contribution in [0.25, 0.3) is 0 Å². The van der Waals surface area contributed by atoms with E-state index in [9.17, 15) is 31.2 Å². The number of anilines is 1. The number of carbonyl (C=O) groups excluding carboxylic acids is 2. The molecule has 1 unspecified atom stereocenters. The highest BCUT2D eigenvalue weighted by Crippen LogP contribution is 2.30. The van der Waals surface area contributed by atoms with E-state index in [0.717, 1.165) is 36.4 Å². The number of benzene rings is 2. The largest absolute Gasteiger partial charge is 0.496 e. The van der Waals surface area contributed by atoms with Gasteiger partial charge in [0.15, 0.2) is 6.10 Å². The summed E-state index contributed by atoms with van der Waals surface area (Å²) in [6.07, 6.45) is -5.88. The first-order valence-corrected chi connectivity index (χ1v) is 9.77. The number of ether oxygens (including phenoxy) is 2. The van der Waals surface area contributed by atoms with E-state index in [1.165, 1.54) is 20.1 Å². The Morgan fingerprint density at radius 3 is 2.20 bits per heavy atom. The third kappa shape index (κ3) is 5.70. The van der Waals surface area contributed by atoms with Crippen LogP contribution >= 0.6 is 0 Å². The SMILES string of the molecule is COc1ccc(S(N)(=O)=O)cc1C(=O)OC(C)C(=O)Nc1ccc(C(F)(F)F)cc1. The molecule has 162 valence electrons. The molecule has 8 nitrogen and oxygen atoms in total. The van der Waals surface area contributed by atoms with Crippen LogP contribution in [-0.4, -0.2) is 33.5 Å². The Morgan fingerprint density at radius 1 is 1.10 bits per heavy atom. The number of primary sulfonamides is 1. The molecular weight excluding hydrogens is 429 g/mol. The minimum Gasteiger partial charge on any atom is -0.496 e. The van der Waals surface area contributed by atoms with E-state index in [2.05, 4.69) is 5.32 Å². The Morgan fingerprint density at radius 2 is 1.70 bits per heavy atom. The summed E-state index contributed by atoms with van der Waals surface area (Å²) in [5, 5.41) is 7.35. The molecule has 30 heavy (non-hydrogen) atoms. The van der Waals surface area contributed by atoms with E-state index < -0.39 is 39.7 Å². The molecule has 1 amide bonds. The minimum absolute atomic E-state index is 0.0113. The van der Waals surface area contributed by atoms with Crippen LogP contribution in [0.1, 0.15) is 22.8 Å². The van der Waals surface area contributed by atoms with Crippen LogP contribution in [0.2, 0.25) is 0 Å². The summed E-state index contributed by atoms with van der Waals surface area (Å²) in [4.78, 5) is 24.2. The molecule has 0 bridgehead atoms. The predicted molar refractivity (Wildman–Crippen MR) is 99.3 cm³/mol. The van der Waals surface area contributed by atoms with E-state index in [1.54, 1.807) is 0 Å². The van der Waals surface area contributed by atoms with Gasteiger partial charge in [-0.2, -0.15) is 13.2 Å². The maximum absolute atomic E-state index is 12.6. The molecule has 12 heteroatoms. The maximum atomic E-state index is 12.6. The fourth-order valence-corrected chi connectivity index (χ4v) is 2.83. The number of methoxy groups -OCH3 is 1. The lowest BCUT2D eigenvalue weighted by Gasteiger charge is -2.15. The number of nitrogens with two attached hydrogens (primary N) is 1.